The number of anilines is 4. The van der Waals surface area contributed by atoms with Crippen LogP contribution in [0.15, 0.2) is 60.9 Å². The Labute approximate surface area is 247 Å². The number of carbonyl (C=O) groups excluding carboxylic acids is 1. The number of hydrogen-bond acceptors (Lipinski definition) is 8. The van der Waals surface area contributed by atoms with Crippen LogP contribution in [0.2, 0.25) is 0 Å². The Morgan fingerprint density at radius 3 is 2.67 bits per heavy atom. The average Bonchev–Trinajstić information content (AvgIpc) is 3.32. The highest BCUT2D eigenvalue weighted by atomic mass is 16.5. The van der Waals surface area contributed by atoms with E-state index >= 15 is 0 Å². The number of allylic oxidation sites excluding steroid dienone is 1. The summed E-state index contributed by atoms with van der Waals surface area (Å²) in [7, 11) is 9.58. The number of fused-ring (bicyclic) bond motifs is 1. The van der Waals surface area contributed by atoms with Crippen LogP contribution in [-0.4, -0.2) is 66.7 Å². The van der Waals surface area contributed by atoms with E-state index < -0.39 is 0 Å². The van der Waals surface area contributed by atoms with Gasteiger partial charge >= 0.3 is 0 Å². The first-order chi connectivity index (χ1) is 20.2. The number of amides is 1. The van der Waals surface area contributed by atoms with Crippen molar-refractivity contribution < 1.29 is 9.53 Å². The molecule has 2 aromatic carbocycles. The van der Waals surface area contributed by atoms with Gasteiger partial charge in [0.2, 0.25) is 11.9 Å². The first kappa shape index (κ1) is 30.1. The van der Waals surface area contributed by atoms with Gasteiger partial charge in [-0.1, -0.05) is 37.6 Å². The van der Waals surface area contributed by atoms with Crippen LogP contribution in [0.5, 0.6) is 5.75 Å². The lowest BCUT2D eigenvalue weighted by molar-refractivity contribution is -0.111. The molecule has 2 N–H and O–H groups in total. The molecule has 0 aliphatic heterocycles. The minimum absolute atomic E-state index is 0.213. The highest BCUT2D eigenvalue weighted by Gasteiger charge is 2.19. The topological polar surface area (TPSA) is 111 Å². The van der Waals surface area contributed by atoms with E-state index in [4.69, 9.17) is 9.72 Å². The fourth-order valence-corrected chi connectivity index (χ4v) is 4.63. The minimum atomic E-state index is -0.213. The zero-order valence-corrected chi connectivity index (χ0v) is 25.1. The molecule has 218 valence electrons. The first-order valence-electron chi connectivity index (χ1n) is 13.9. The van der Waals surface area contributed by atoms with Gasteiger partial charge in [-0.25, -0.2) is 9.97 Å². The van der Waals surface area contributed by atoms with E-state index in [1.54, 1.807) is 13.2 Å². The molecule has 0 unspecified atom stereocenters. The lowest BCUT2D eigenvalue weighted by Gasteiger charge is -2.26. The second-order valence-electron chi connectivity index (χ2n) is 10.3. The van der Waals surface area contributed by atoms with E-state index in [-0.39, 0.29) is 5.91 Å². The normalized spacial score (nSPS) is 11.2. The van der Waals surface area contributed by atoms with Gasteiger partial charge in [-0.3, -0.25) is 4.79 Å². The summed E-state index contributed by atoms with van der Waals surface area (Å²) < 4.78 is 7.77. The second-order valence-corrected chi connectivity index (χ2v) is 10.3. The smallest absolute Gasteiger partial charge is 0.248 e. The Bertz CT molecular complexity index is 1630. The number of para-hydroxylation sites is 1. The Morgan fingerprint density at radius 1 is 1.17 bits per heavy atom. The Kier molecular flexibility index (Phi) is 9.78. The molecule has 0 spiro atoms. The quantitative estimate of drug-likeness (QED) is 0.215. The van der Waals surface area contributed by atoms with Crippen LogP contribution in [0, 0.1) is 11.3 Å². The molecule has 1 amide bonds. The molecule has 4 rings (SSSR count). The lowest BCUT2D eigenvalue weighted by Crippen LogP contribution is -2.29. The Hall–Kier alpha value is -4.88. The molecule has 4 aromatic rings. The summed E-state index contributed by atoms with van der Waals surface area (Å²) in [6, 6.07) is 13.9. The van der Waals surface area contributed by atoms with Crippen LogP contribution in [0.3, 0.4) is 0 Å². The molecular formula is C32H38N8O2. The summed E-state index contributed by atoms with van der Waals surface area (Å²) in [5.41, 5.74) is 4.78. The Balaban J connectivity index is 1.75. The van der Waals surface area contributed by atoms with E-state index in [0.717, 1.165) is 48.1 Å². The summed E-state index contributed by atoms with van der Waals surface area (Å²) >= 11 is 0. The second kappa shape index (κ2) is 13.7. The third kappa shape index (κ3) is 6.87. The predicted octanol–water partition coefficient (Wildman–Crippen LogP) is 5.55. The van der Waals surface area contributed by atoms with E-state index in [0.29, 0.717) is 34.3 Å². The molecule has 0 atom stereocenters. The molecular weight excluding hydrogens is 528 g/mol. The van der Waals surface area contributed by atoms with E-state index in [1.807, 2.05) is 81.4 Å². The molecule has 0 bridgehead atoms. The van der Waals surface area contributed by atoms with Gasteiger partial charge in [0.25, 0.3) is 0 Å². The maximum atomic E-state index is 12.8. The third-order valence-electron chi connectivity index (χ3n) is 6.90. The molecule has 2 aromatic heterocycles. The number of unbranched alkanes of at least 4 members (excludes halogenated alkanes) is 1. The minimum Gasteiger partial charge on any atom is -0.494 e. The van der Waals surface area contributed by atoms with E-state index in [9.17, 15) is 10.1 Å². The van der Waals surface area contributed by atoms with Crippen molar-refractivity contribution in [1.82, 2.24) is 19.4 Å². The largest absolute Gasteiger partial charge is 0.494 e. The van der Waals surface area contributed by atoms with Gasteiger partial charge in [-0.15, -0.1) is 0 Å². The number of likely N-dealkylation sites (N-methyl/N-ethyl adjacent to an activating group) is 2. The number of nitriles is 1. The number of aryl methyl sites for hydroxylation is 1. The standard InChI is InChI=1S/C32H38N8O2/c1-7-8-9-14-30(41)35-25-17-26(29(42-6)18-28(25)39(4)16-15-38(2)3)36-32-34-20-22(19-33)31(37-32)24-21-40(5)27-13-11-10-12-23(24)27/h9-14,17-18,20-21H,7-8,15-16H2,1-6H3,(H,35,41)(H,34,36,37)/b14-9-. The lowest BCUT2D eigenvalue weighted by atomic mass is 10.1. The molecule has 0 saturated carbocycles. The first-order valence-corrected chi connectivity index (χ1v) is 13.9. The molecule has 2 heterocycles. The molecule has 0 aliphatic carbocycles. The highest BCUT2D eigenvalue weighted by Crippen LogP contribution is 2.38. The highest BCUT2D eigenvalue weighted by molar-refractivity contribution is 6.02. The van der Waals surface area contributed by atoms with Crippen LogP contribution in [0.25, 0.3) is 22.2 Å². The van der Waals surface area contributed by atoms with Gasteiger partial charge in [-0.05, 0) is 38.7 Å². The zero-order chi connectivity index (χ0) is 30.2. The monoisotopic (exact) mass is 566 g/mol. The fourth-order valence-electron chi connectivity index (χ4n) is 4.63. The maximum absolute atomic E-state index is 12.8. The van der Waals surface area contributed by atoms with Gasteiger partial charge in [0, 0.05) is 55.9 Å². The van der Waals surface area contributed by atoms with Crippen molar-refractivity contribution in [3.8, 4) is 23.1 Å². The predicted molar refractivity (Wildman–Crippen MR) is 169 cm³/mol. The molecule has 0 aliphatic rings. The summed E-state index contributed by atoms with van der Waals surface area (Å²) in [6.45, 7) is 3.64. The summed E-state index contributed by atoms with van der Waals surface area (Å²) in [5, 5.41) is 17.1. The zero-order valence-electron chi connectivity index (χ0n) is 25.1. The Morgan fingerprint density at radius 2 is 1.95 bits per heavy atom. The molecule has 0 radical (unpaired) electrons. The van der Waals surface area contributed by atoms with Crippen molar-refractivity contribution in [1.29, 1.82) is 5.26 Å². The van der Waals surface area contributed by atoms with Crippen molar-refractivity contribution in [3.05, 3.63) is 66.5 Å². The van der Waals surface area contributed by atoms with Gasteiger partial charge in [0.05, 0.1) is 41.6 Å². The molecule has 0 saturated heterocycles. The average molecular weight is 567 g/mol. The molecule has 0 fully saturated rings. The van der Waals surface area contributed by atoms with Crippen molar-refractivity contribution in [2.24, 2.45) is 7.05 Å². The van der Waals surface area contributed by atoms with Gasteiger partial charge in [0.15, 0.2) is 0 Å². The van der Waals surface area contributed by atoms with Crippen molar-refractivity contribution in [2.45, 2.75) is 19.8 Å². The van der Waals surface area contributed by atoms with Crippen LogP contribution in [-0.2, 0) is 11.8 Å². The van der Waals surface area contributed by atoms with Crippen molar-refractivity contribution in [2.75, 3.05) is 56.9 Å². The molecule has 10 heteroatoms. The summed E-state index contributed by atoms with van der Waals surface area (Å²) in [4.78, 5) is 26.2. The molecule has 10 nitrogen and oxygen atoms in total. The fraction of sp³-hybridized carbons (Fsp3) is 0.312. The van der Waals surface area contributed by atoms with Crippen LogP contribution in [0.1, 0.15) is 25.3 Å². The van der Waals surface area contributed by atoms with Crippen molar-refractivity contribution in [3.63, 3.8) is 0 Å². The number of methoxy groups -OCH3 is 1. The van der Waals surface area contributed by atoms with E-state index in [2.05, 4.69) is 38.4 Å². The number of hydrogen-bond donors (Lipinski definition) is 2. The molecule has 42 heavy (non-hydrogen) atoms. The van der Waals surface area contributed by atoms with Gasteiger partial charge in [-0.2, -0.15) is 5.26 Å². The van der Waals surface area contributed by atoms with E-state index in [1.165, 1.54) is 6.20 Å². The third-order valence-corrected chi connectivity index (χ3v) is 6.90. The number of rotatable bonds is 12. The number of nitrogens with zero attached hydrogens (tertiary/aromatic N) is 6. The van der Waals surface area contributed by atoms with Crippen LogP contribution < -0.4 is 20.3 Å². The number of nitrogens with one attached hydrogen (secondary N) is 2. The number of carbonyl (C=O) groups is 1. The summed E-state index contributed by atoms with van der Waals surface area (Å²) in [6.07, 6.45) is 8.70. The maximum Gasteiger partial charge on any atom is 0.248 e. The van der Waals surface area contributed by atoms with Gasteiger partial charge in [0.1, 0.15) is 11.8 Å². The number of aromatic nitrogens is 3. The van der Waals surface area contributed by atoms with Crippen molar-refractivity contribution >= 4 is 39.8 Å². The van der Waals surface area contributed by atoms with Crippen LogP contribution in [0.4, 0.5) is 23.0 Å². The van der Waals surface area contributed by atoms with Crippen LogP contribution >= 0.6 is 0 Å². The number of ether oxygens (including phenoxy) is 1. The van der Waals surface area contributed by atoms with Gasteiger partial charge < -0.3 is 29.7 Å². The number of benzene rings is 2. The summed E-state index contributed by atoms with van der Waals surface area (Å²) in [5.74, 6) is 0.639. The SMILES string of the molecule is CCC/C=C\C(=O)Nc1cc(Nc2ncc(C#N)c(-c3cn(C)c4ccccc34)n2)c(OC)cc1N(C)CCN(C)C.